The zero-order chi connectivity index (χ0) is 30.2. The van der Waals surface area contributed by atoms with Gasteiger partial charge in [0.05, 0.1) is 21.2 Å². The van der Waals surface area contributed by atoms with Gasteiger partial charge in [-0.3, -0.25) is 4.79 Å². The van der Waals surface area contributed by atoms with Crippen LogP contribution in [-0.4, -0.2) is 24.9 Å². The van der Waals surface area contributed by atoms with Crippen LogP contribution < -0.4 is 5.32 Å². The molecule has 0 atom stereocenters. The van der Waals surface area contributed by atoms with Gasteiger partial charge in [-0.1, -0.05) is 11.6 Å². The van der Waals surface area contributed by atoms with Crippen LogP contribution in [0.1, 0.15) is 54.4 Å². The predicted octanol–water partition coefficient (Wildman–Crippen LogP) is 8.00. The van der Waals surface area contributed by atoms with Gasteiger partial charge in [-0.2, -0.15) is 13.2 Å². The maximum absolute atomic E-state index is 14.9. The molecule has 4 fully saturated rings. The molecule has 0 spiro atoms. The highest BCUT2D eigenvalue weighted by Gasteiger charge is 2.53. The molecule has 12 heteroatoms. The number of nitrogens with one attached hydrogen (secondary N) is 1. The smallest absolute Gasteiger partial charge is 0.501 e. The number of amides is 1. The number of phenolic OH excluding ortho intramolecular Hbond substituents is 1. The molecule has 0 aliphatic heterocycles. The molecule has 222 valence electrons. The summed E-state index contributed by atoms with van der Waals surface area (Å²) >= 11 is 6.07. The average Bonchev–Trinajstić information content (AvgIpc) is 2.88. The van der Waals surface area contributed by atoms with Crippen LogP contribution >= 0.6 is 11.6 Å². The highest BCUT2D eigenvalue weighted by molar-refractivity contribution is 7.92. The van der Waals surface area contributed by atoms with Gasteiger partial charge in [0.2, 0.25) is 0 Å². The molecule has 3 aromatic rings. The molecule has 2 N–H and O–H groups in total. The quantitative estimate of drug-likeness (QED) is 0.282. The summed E-state index contributed by atoms with van der Waals surface area (Å²) in [6, 6.07) is 8.15. The highest BCUT2D eigenvalue weighted by atomic mass is 35.5. The summed E-state index contributed by atoms with van der Waals surface area (Å²) in [6.45, 7) is 0. The SMILES string of the molecule is O=C(Nc1ccc(S(=O)(=O)C(F)(F)F)cc1Cl)c1cc(-c2ccc(F)cc2F)cc(C23CC4CC(CC(C4)C2)C3)c1O. The summed E-state index contributed by atoms with van der Waals surface area (Å²) < 4.78 is 91.1. The van der Waals surface area contributed by atoms with Gasteiger partial charge in [-0.15, -0.1) is 0 Å². The zero-order valence-electron chi connectivity index (χ0n) is 21.9. The predicted molar refractivity (Wildman–Crippen MR) is 146 cm³/mol. The van der Waals surface area contributed by atoms with Crippen molar-refractivity contribution in [3.8, 4) is 16.9 Å². The number of carbonyl (C=O) groups is 1. The molecule has 4 bridgehead atoms. The lowest BCUT2D eigenvalue weighted by Gasteiger charge is -2.57. The van der Waals surface area contributed by atoms with E-state index >= 15 is 0 Å². The third kappa shape index (κ3) is 4.84. The van der Waals surface area contributed by atoms with Gasteiger partial charge < -0.3 is 10.4 Å². The van der Waals surface area contributed by atoms with E-state index in [-0.39, 0.29) is 28.1 Å². The van der Waals surface area contributed by atoms with Gasteiger partial charge in [0.25, 0.3) is 15.7 Å². The standard InChI is InChI=1S/C30H25ClF5NO4S/c31-24-11-20(42(40,41)30(34,35)36)2-4-26(24)37-28(39)22-8-18(21-3-1-19(32)10-25(21)33)9-23(27(22)38)29-12-15-5-16(13-29)7-17(6-15)14-29/h1-4,8-11,15-17,38H,5-7,12-14H2,(H,37,39). The molecule has 1 amide bonds. The van der Waals surface area contributed by atoms with E-state index in [9.17, 15) is 40.3 Å². The molecule has 4 aliphatic rings. The number of hydrogen-bond acceptors (Lipinski definition) is 4. The number of sulfone groups is 1. The van der Waals surface area contributed by atoms with Crippen LogP contribution in [0, 0.1) is 29.4 Å². The van der Waals surface area contributed by atoms with Crippen molar-refractivity contribution in [1.29, 1.82) is 0 Å². The summed E-state index contributed by atoms with van der Waals surface area (Å²) in [4.78, 5) is 12.4. The second-order valence-electron chi connectivity index (χ2n) is 11.8. The van der Waals surface area contributed by atoms with Crippen molar-refractivity contribution in [3.05, 3.63) is 76.3 Å². The molecule has 0 radical (unpaired) electrons. The van der Waals surface area contributed by atoms with Crippen LogP contribution in [-0.2, 0) is 15.3 Å². The van der Waals surface area contributed by atoms with E-state index in [1.807, 2.05) is 0 Å². The number of rotatable bonds is 5. The van der Waals surface area contributed by atoms with Gasteiger partial charge in [0.1, 0.15) is 17.4 Å². The van der Waals surface area contributed by atoms with Crippen molar-refractivity contribution < 1.29 is 40.3 Å². The van der Waals surface area contributed by atoms with Crippen LogP contribution in [0.4, 0.5) is 27.6 Å². The van der Waals surface area contributed by atoms with E-state index in [0.717, 1.165) is 56.7 Å². The first kappa shape index (κ1) is 28.9. The van der Waals surface area contributed by atoms with E-state index in [1.165, 1.54) is 12.1 Å². The van der Waals surface area contributed by atoms with Gasteiger partial charge in [0.15, 0.2) is 0 Å². The Labute approximate surface area is 243 Å². The Morgan fingerprint density at radius 3 is 2.10 bits per heavy atom. The topological polar surface area (TPSA) is 83.5 Å². The van der Waals surface area contributed by atoms with Crippen molar-refractivity contribution in [2.45, 2.75) is 54.3 Å². The van der Waals surface area contributed by atoms with Gasteiger partial charge >= 0.3 is 5.51 Å². The molecule has 7 rings (SSSR count). The van der Waals surface area contributed by atoms with Crippen LogP contribution in [0.3, 0.4) is 0 Å². The van der Waals surface area contributed by atoms with Crippen molar-refractivity contribution in [3.63, 3.8) is 0 Å². The fraction of sp³-hybridized carbons (Fsp3) is 0.367. The highest BCUT2D eigenvalue weighted by Crippen LogP contribution is 2.62. The Hall–Kier alpha value is -3.18. The van der Waals surface area contributed by atoms with Crippen molar-refractivity contribution in [2.24, 2.45) is 17.8 Å². The molecule has 4 aliphatic carbocycles. The lowest BCUT2D eigenvalue weighted by Crippen LogP contribution is -2.48. The maximum atomic E-state index is 14.9. The Morgan fingerprint density at radius 2 is 1.55 bits per heavy atom. The average molecular weight is 626 g/mol. The number of benzene rings is 3. The minimum Gasteiger partial charge on any atom is -0.507 e. The first-order chi connectivity index (χ1) is 19.7. The maximum Gasteiger partial charge on any atom is 0.501 e. The molecule has 0 aromatic heterocycles. The van der Waals surface area contributed by atoms with E-state index in [0.29, 0.717) is 35.4 Å². The Morgan fingerprint density at radius 1 is 0.929 bits per heavy atom. The first-order valence-corrected chi connectivity index (χ1v) is 15.3. The van der Waals surface area contributed by atoms with Crippen molar-refractivity contribution in [2.75, 3.05) is 5.32 Å². The van der Waals surface area contributed by atoms with E-state index in [1.54, 1.807) is 6.07 Å². The third-order valence-corrected chi connectivity index (χ3v) is 10.8. The van der Waals surface area contributed by atoms with Gasteiger partial charge in [-0.05, 0) is 110 Å². The van der Waals surface area contributed by atoms with Crippen LogP contribution in [0.5, 0.6) is 5.75 Å². The van der Waals surface area contributed by atoms with Crippen LogP contribution in [0.25, 0.3) is 11.1 Å². The summed E-state index contributed by atoms with van der Waals surface area (Å²) in [7, 11) is -5.67. The summed E-state index contributed by atoms with van der Waals surface area (Å²) in [5.41, 5.74) is -5.62. The zero-order valence-corrected chi connectivity index (χ0v) is 23.5. The molecule has 0 heterocycles. The van der Waals surface area contributed by atoms with E-state index in [4.69, 9.17) is 11.6 Å². The fourth-order valence-corrected chi connectivity index (χ4v) is 8.70. The van der Waals surface area contributed by atoms with E-state index < -0.39 is 48.2 Å². The first-order valence-electron chi connectivity index (χ1n) is 13.4. The van der Waals surface area contributed by atoms with Gasteiger partial charge in [0, 0.05) is 17.2 Å². The minimum absolute atomic E-state index is 0.0242. The molecular weight excluding hydrogens is 601 g/mol. The summed E-state index contributed by atoms with van der Waals surface area (Å²) in [6.07, 6.45) is 5.76. The Balaban J connectivity index is 1.42. The number of carbonyl (C=O) groups excluding carboxylic acids is 1. The largest absolute Gasteiger partial charge is 0.507 e. The Bertz CT molecular complexity index is 1690. The molecule has 5 nitrogen and oxygen atoms in total. The minimum atomic E-state index is -5.67. The molecular formula is C30H25ClF5NO4S. The second-order valence-corrected chi connectivity index (χ2v) is 14.1. The van der Waals surface area contributed by atoms with Gasteiger partial charge in [-0.25, -0.2) is 17.2 Å². The van der Waals surface area contributed by atoms with E-state index in [2.05, 4.69) is 5.32 Å². The third-order valence-electron chi connectivity index (χ3n) is 9.01. The monoisotopic (exact) mass is 625 g/mol. The van der Waals surface area contributed by atoms with Crippen LogP contribution in [0.15, 0.2) is 53.4 Å². The lowest BCUT2D eigenvalue weighted by atomic mass is 9.48. The van der Waals surface area contributed by atoms with Crippen molar-refractivity contribution in [1.82, 2.24) is 0 Å². The number of alkyl halides is 3. The molecule has 0 saturated heterocycles. The fourth-order valence-electron chi connectivity index (χ4n) is 7.62. The number of hydrogen-bond donors (Lipinski definition) is 2. The lowest BCUT2D eigenvalue weighted by molar-refractivity contribution is -0.0436. The van der Waals surface area contributed by atoms with Crippen LogP contribution in [0.2, 0.25) is 5.02 Å². The number of aromatic hydroxyl groups is 1. The molecule has 0 unspecified atom stereocenters. The molecule has 4 saturated carbocycles. The normalized spacial score (nSPS) is 25.0. The second kappa shape index (κ2) is 9.94. The Kier molecular flexibility index (Phi) is 6.84. The number of halogens is 6. The number of phenols is 1. The number of anilines is 1. The summed E-state index contributed by atoms with van der Waals surface area (Å²) in [5.74, 6) is -1.39. The molecule has 3 aromatic carbocycles. The van der Waals surface area contributed by atoms with Crippen molar-refractivity contribution >= 4 is 33.0 Å². The molecule has 42 heavy (non-hydrogen) atoms. The summed E-state index contributed by atoms with van der Waals surface area (Å²) in [5, 5.41) is 13.5.